The molecule has 0 saturated carbocycles. The van der Waals surface area contributed by atoms with E-state index in [0.29, 0.717) is 24.2 Å². The number of carbonyl (C=O) groups excluding carboxylic acids is 1. The number of aromatic nitrogens is 2. The molecular formula is C23H26N4O4S2. The summed E-state index contributed by atoms with van der Waals surface area (Å²) in [6.07, 6.45) is 8.31. The highest BCUT2D eigenvalue weighted by Gasteiger charge is 2.26. The molecule has 1 saturated heterocycles. The fourth-order valence-corrected chi connectivity index (χ4v) is 7.35. The second kappa shape index (κ2) is 9.00. The molecule has 2 aromatic heterocycles. The van der Waals surface area contributed by atoms with E-state index in [-0.39, 0.29) is 22.9 Å². The first kappa shape index (κ1) is 22.2. The number of benzene rings is 1. The SMILES string of the molecule is O=C(Cn1cnc2sc3c(c2c1=O)CCCC3)Nc1ccc(S(=O)(=O)N2CCCCC2)cc1. The summed E-state index contributed by atoms with van der Waals surface area (Å²) in [5, 5.41) is 3.40. The van der Waals surface area contributed by atoms with Crippen LogP contribution in [0, 0.1) is 0 Å². The second-order valence-electron chi connectivity index (χ2n) is 8.61. The van der Waals surface area contributed by atoms with Crippen LogP contribution in [0.2, 0.25) is 0 Å². The highest BCUT2D eigenvalue weighted by Crippen LogP contribution is 2.33. The standard InChI is InChI=1S/C23H26N4O4S2/c28-20(14-26-15-24-22-21(23(26)29)18-6-2-3-7-19(18)32-22)25-16-8-10-17(11-9-16)33(30,31)27-12-4-1-5-13-27/h8-11,15H,1-7,12-14H2,(H,25,28). The molecule has 0 bridgehead atoms. The van der Waals surface area contributed by atoms with Gasteiger partial charge in [-0.1, -0.05) is 6.42 Å². The maximum absolute atomic E-state index is 13.0. The number of nitrogens with one attached hydrogen (secondary N) is 1. The van der Waals surface area contributed by atoms with Crippen molar-refractivity contribution in [3.05, 3.63) is 51.4 Å². The number of nitrogens with zero attached hydrogens (tertiary/aromatic N) is 3. The average molecular weight is 487 g/mol. The Morgan fingerprint density at radius 1 is 1.03 bits per heavy atom. The van der Waals surface area contributed by atoms with E-state index in [4.69, 9.17) is 0 Å². The van der Waals surface area contributed by atoms with Gasteiger partial charge in [0.25, 0.3) is 5.56 Å². The van der Waals surface area contributed by atoms with E-state index < -0.39 is 10.0 Å². The lowest BCUT2D eigenvalue weighted by atomic mass is 9.97. The molecule has 1 aliphatic carbocycles. The minimum absolute atomic E-state index is 0.153. The minimum atomic E-state index is -3.52. The molecule has 1 aliphatic heterocycles. The first-order chi connectivity index (χ1) is 15.9. The van der Waals surface area contributed by atoms with Crippen LogP contribution in [-0.4, -0.2) is 41.3 Å². The molecule has 8 nitrogen and oxygen atoms in total. The maximum Gasteiger partial charge on any atom is 0.262 e. The van der Waals surface area contributed by atoms with Gasteiger partial charge in [0.15, 0.2) is 0 Å². The first-order valence-electron chi connectivity index (χ1n) is 11.3. The molecule has 0 spiro atoms. The zero-order valence-electron chi connectivity index (χ0n) is 18.2. The quantitative estimate of drug-likeness (QED) is 0.597. The molecule has 1 aromatic carbocycles. The summed E-state index contributed by atoms with van der Waals surface area (Å²) in [5.74, 6) is -0.367. The Morgan fingerprint density at radius 3 is 2.52 bits per heavy atom. The largest absolute Gasteiger partial charge is 0.325 e. The number of amides is 1. The Morgan fingerprint density at radius 2 is 1.76 bits per heavy atom. The van der Waals surface area contributed by atoms with Crippen molar-refractivity contribution in [1.82, 2.24) is 13.9 Å². The van der Waals surface area contributed by atoms with Gasteiger partial charge in [0, 0.05) is 23.7 Å². The Labute approximate surface area is 196 Å². The first-order valence-corrected chi connectivity index (χ1v) is 13.6. The molecule has 0 unspecified atom stereocenters. The summed E-state index contributed by atoms with van der Waals surface area (Å²) >= 11 is 1.58. The number of aryl methyl sites for hydroxylation is 2. The van der Waals surface area contributed by atoms with Gasteiger partial charge in [-0.25, -0.2) is 13.4 Å². The number of anilines is 1. The van der Waals surface area contributed by atoms with E-state index in [2.05, 4.69) is 10.3 Å². The lowest BCUT2D eigenvalue weighted by Crippen LogP contribution is -2.35. The molecule has 10 heteroatoms. The summed E-state index contributed by atoms with van der Waals surface area (Å²) in [5.41, 5.74) is 1.39. The number of sulfonamides is 1. The van der Waals surface area contributed by atoms with Crippen LogP contribution in [0.15, 0.2) is 40.3 Å². The van der Waals surface area contributed by atoms with Gasteiger partial charge in [-0.3, -0.25) is 14.2 Å². The van der Waals surface area contributed by atoms with Crippen LogP contribution in [0.25, 0.3) is 10.2 Å². The average Bonchev–Trinajstić information content (AvgIpc) is 3.21. The Balaban J connectivity index is 1.30. The second-order valence-corrected chi connectivity index (χ2v) is 11.6. The molecule has 174 valence electrons. The van der Waals surface area contributed by atoms with Crippen LogP contribution in [0.1, 0.15) is 42.5 Å². The van der Waals surface area contributed by atoms with Crippen molar-refractivity contribution in [2.24, 2.45) is 0 Å². The van der Waals surface area contributed by atoms with Crippen molar-refractivity contribution in [2.45, 2.75) is 56.4 Å². The van der Waals surface area contributed by atoms with E-state index >= 15 is 0 Å². The van der Waals surface area contributed by atoms with Crippen LogP contribution < -0.4 is 10.9 Å². The van der Waals surface area contributed by atoms with Gasteiger partial charge in [0.1, 0.15) is 11.4 Å². The lowest BCUT2D eigenvalue weighted by molar-refractivity contribution is -0.116. The molecule has 5 rings (SSSR count). The number of carbonyl (C=O) groups is 1. The minimum Gasteiger partial charge on any atom is -0.325 e. The van der Waals surface area contributed by atoms with Gasteiger partial charge in [0.2, 0.25) is 15.9 Å². The van der Waals surface area contributed by atoms with Gasteiger partial charge in [-0.05, 0) is 68.4 Å². The van der Waals surface area contributed by atoms with Gasteiger partial charge in [0.05, 0.1) is 16.6 Å². The normalized spacial score (nSPS) is 17.1. The van der Waals surface area contributed by atoms with E-state index in [1.165, 1.54) is 32.2 Å². The van der Waals surface area contributed by atoms with E-state index in [1.807, 2.05) is 0 Å². The van der Waals surface area contributed by atoms with E-state index in [1.54, 1.807) is 23.5 Å². The van der Waals surface area contributed by atoms with Crippen molar-refractivity contribution < 1.29 is 13.2 Å². The molecule has 2 aliphatic rings. The number of hydrogen-bond donors (Lipinski definition) is 1. The summed E-state index contributed by atoms with van der Waals surface area (Å²) in [4.78, 5) is 32.3. The summed E-state index contributed by atoms with van der Waals surface area (Å²) in [6, 6.07) is 6.18. The van der Waals surface area contributed by atoms with E-state index in [0.717, 1.165) is 55.3 Å². The number of rotatable bonds is 5. The van der Waals surface area contributed by atoms with Crippen molar-refractivity contribution in [2.75, 3.05) is 18.4 Å². The van der Waals surface area contributed by atoms with Crippen molar-refractivity contribution >= 4 is 43.2 Å². The Kier molecular flexibility index (Phi) is 6.07. The van der Waals surface area contributed by atoms with Gasteiger partial charge in [-0.15, -0.1) is 11.3 Å². The summed E-state index contributed by atoms with van der Waals surface area (Å²) in [7, 11) is -3.52. The monoisotopic (exact) mass is 486 g/mol. The molecule has 33 heavy (non-hydrogen) atoms. The van der Waals surface area contributed by atoms with Gasteiger partial charge < -0.3 is 5.32 Å². The molecule has 1 amide bonds. The third kappa shape index (κ3) is 4.34. The molecule has 1 N–H and O–H groups in total. The topological polar surface area (TPSA) is 101 Å². The van der Waals surface area contributed by atoms with Gasteiger partial charge in [-0.2, -0.15) is 4.31 Å². The highest BCUT2D eigenvalue weighted by molar-refractivity contribution is 7.89. The van der Waals surface area contributed by atoms with Crippen molar-refractivity contribution in [3.8, 4) is 0 Å². The Bertz CT molecular complexity index is 1350. The molecule has 3 heterocycles. The van der Waals surface area contributed by atoms with Crippen LogP contribution in [0.4, 0.5) is 5.69 Å². The van der Waals surface area contributed by atoms with Gasteiger partial charge >= 0.3 is 0 Å². The number of hydrogen-bond acceptors (Lipinski definition) is 6. The summed E-state index contributed by atoms with van der Waals surface area (Å²) in [6.45, 7) is 0.933. The number of piperidine rings is 1. The molecule has 3 aromatic rings. The van der Waals surface area contributed by atoms with Crippen LogP contribution in [-0.2, 0) is 34.2 Å². The van der Waals surface area contributed by atoms with Crippen molar-refractivity contribution in [1.29, 1.82) is 0 Å². The van der Waals surface area contributed by atoms with Crippen LogP contribution in [0.5, 0.6) is 0 Å². The predicted octanol–water partition coefficient (Wildman–Crippen LogP) is 3.15. The zero-order valence-corrected chi connectivity index (χ0v) is 19.9. The third-order valence-electron chi connectivity index (χ3n) is 6.35. The zero-order chi connectivity index (χ0) is 23.0. The van der Waals surface area contributed by atoms with Crippen LogP contribution >= 0.6 is 11.3 Å². The van der Waals surface area contributed by atoms with Crippen molar-refractivity contribution in [3.63, 3.8) is 0 Å². The smallest absolute Gasteiger partial charge is 0.262 e. The molecule has 0 atom stereocenters. The lowest BCUT2D eigenvalue weighted by Gasteiger charge is -2.25. The van der Waals surface area contributed by atoms with E-state index in [9.17, 15) is 18.0 Å². The highest BCUT2D eigenvalue weighted by atomic mass is 32.2. The molecular weight excluding hydrogens is 460 g/mol. The summed E-state index contributed by atoms with van der Waals surface area (Å²) < 4.78 is 28.4. The molecule has 0 radical (unpaired) electrons. The fraction of sp³-hybridized carbons (Fsp3) is 0.435. The number of thiophene rings is 1. The fourth-order valence-electron chi connectivity index (χ4n) is 4.61. The molecule has 1 fully saturated rings. The maximum atomic E-state index is 13.0. The Hall–Kier alpha value is -2.56. The predicted molar refractivity (Wildman–Crippen MR) is 128 cm³/mol. The number of fused-ring (bicyclic) bond motifs is 3. The van der Waals surface area contributed by atoms with Crippen LogP contribution in [0.3, 0.4) is 0 Å². The third-order valence-corrected chi connectivity index (χ3v) is 9.46.